The van der Waals surface area contributed by atoms with Crippen LogP contribution in [0.5, 0.6) is 0 Å². The van der Waals surface area contributed by atoms with Gasteiger partial charge in [-0.05, 0) is 6.42 Å². The number of rotatable bonds is 6. The SMILES string of the molecule is CCCCCCCC1=CN(S)CO1. The normalized spacial score (nSPS) is 15.8. The van der Waals surface area contributed by atoms with Gasteiger partial charge in [0.1, 0.15) is 5.76 Å². The van der Waals surface area contributed by atoms with Crippen molar-refractivity contribution < 1.29 is 4.74 Å². The van der Waals surface area contributed by atoms with Gasteiger partial charge in [-0.15, -0.1) is 0 Å². The standard InChI is InChI=1S/C10H19NOS/c1-2-3-4-5-6-7-10-8-11(13)9-12-10/h8,13H,2-7,9H2,1H3. The van der Waals surface area contributed by atoms with Gasteiger partial charge in [0.15, 0.2) is 6.73 Å². The highest BCUT2D eigenvalue weighted by Gasteiger charge is 2.08. The van der Waals surface area contributed by atoms with E-state index in [9.17, 15) is 0 Å². The van der Waals surface area contributed by atoms with Gasteiger partial charge in [0.25, 0.3) is 0 Å². The molecule has 2 nitrogen and oxygen atoms in total. The van der Waals surface area contributed by atoms with Crippen LogP contribution < -0.4 is 0 Å². The molecule has 0 amide bonds. The summed E-state index contributed by atoms with van der Waals surface area (Å²) in [6, 6.07) is 0. The first kappa shape index (κ1) is 10.8. The van der Waals surface area contributed by atoms with E-state index in [0.29, 0.717) is 6.73 Å². The van der Waals surface area contributed by atoms with Gasteiger partial charge in [-0.2, -0.15) is 0 Å². The zero-order valence-electron chi connectivity index (χ0n) is 8.33. The maximum atomic E-state index is 5.38. The molecule has 0 N–H and O–H groups in total. The van der Waals surface area contributed by atoms with E-state index in [4.69, 9.17) is 4.74 Å². The summed E-state index contributed by atoms with van der Waals surface area (Å²) in [7, 11) is 0. The molecular weight excluding hydrogens is 182 g/mol. The summed E-state index contributed by atoms with van der Waals surface area (Å²) in [6.45, 7) is 2.84. The Bertz CT molecular complexity index is 170. The number of allylic oxidation sites excluding steroid dienone is 1. The van der Waals surface area contributed by atoms with Gasteiger partial charge < -0.3 is 4.74 Å². The van der Waals surface area contributed by atoms with Crippen molar-refractivity contribution in [1.82, 2.24) is 4.31 Å². The predicted octanol–water partition coefficient (Wildman–Crippen LogP) is 3.32. The van der Waals surface area contributed by atoms with Crippen molar-refractivity contribution in [2.24, 2.45) is 0 Å². The maximum Gasteiger partial charge on any atom is 0.169 e. The molecule has 76 valence electrons. The van der Waals surface area contributed by atoms with E-state index in [2.05, 4.69) is 19.7 Å². The zero-order valence-corrected chi connectivity index (χ0v) is 9.22. The lowest BCUT2D eigenvalue weighted by Gasteiger charge is -2.02. The highest BCUT2D eigenvalue weighted by atomic mass is 32.1. The molecule has 0 bridgehead atoms. The number of hydrogen-bond donors (Lipinski definition) is 1. The number of hydrogen-bond acceptors (Lipinski definition) is 3. The van der Waals surface area contributed by atoms with Crippen LogP contribution in [0.3, 0.4) is 0 Å². The minimum atomic E-state index is 0.605. The lowest BCUT2D eigenvalue weighted by atomic mass is 10.1. The van der Waals surface area contributed by atoms with Crippen LogP contribution in [0.1, 0.15) is 45.4 Å². The first-order chi connectivity index (χ1) is 6.33. The fourth-order valence-electron chi connectivity index (χ4n) is 1.43. The van der Waals surface area contributed by atoms with E-state index in [1.807, 2.05) is 6.20 Å². The van der Waals surface area contributed by atoms with Gasteiger partial charge in [0.2, 0.25) is 0 Å². The quantitative estimate of drug-likeness (QED) is 0.523. The van der Waals surface area contributed by atoms with E-state index in [1.165, 1.54) is 32.1 Å². The van der Waals surface area contributed by atoms with Crippen LogP contribution in [0.2, 0.25) is 0 Å². The molecule has 0 radical (unpaired) electrons. The maximum absolute atomic E-state index is 5.38. The van der Waals surface area contributed by atoms with Gasteiger partial charge in [-0.25, -0.2) is 0 Å². The summed E-state index contributed by atoms with van der Waals surface area (Å²) in [5, 5.41) is 0. The molecule has 0 aliphatic carbocycles. The highest BCUT2D eigenvalue weighted by Crippen LogP contribution is 2.18. The topological polar surface area (TPSA) is 12.5 Å². The van der Waals surface area contributed by atoms with Crippen molar-refractivity contribution in [3.63, 3.8) is 0 Å². The molecule has 1 rings (SSSR count). The van der Waals surface area contributed by atoms with Crippen molar-refractivity contribution in [3.8, 4) is 0 Å². The predicted molar refractivity (Wildman–Crippen MR) is 58.2 cm³/mol. The largest absolute Gasteiger partial charge is 0.475 e. The van der Waals surface area contributed by atoms with Crippen molar-refractivity contribution in [2.75, 3.05) is 6.73 Å². The Morgan fingerprint density at radius 2 is 2.15 bits per heavy atom. The zero-order chi connectivity index (χ0) is 9.52. The number of ether oxygens (including phenoxy) is 1. The number of nitrogens with zero attached hydrogens (tertiary/aromatic N) is 1. The summed E-state index contributed by atoms with van der Waals surface area (Å²) in [6.07, 6.45) is 9.63. The summed E-state index contributed by atoms with van der Waals surface area (Å²) < 4.78 is 7.16. The van der Waals surface area contributed by atoms with Gasteiger partial charge >= 0.3 is 0 Å². The summed E-state index contributed by atoms with van der Waals surface area (Å²) in [5.74, 6) is 1.09. The molecule has 0 atom stereocenters. The summed E-state index contributed by atoms with van der Waals surface area (Å²) >= 11 is 4.16. The van der Waals surface area contributed by atoms with Crippen LogP contribution in [0, 0.1) is 0 Å². The molecule has 1 aliphatic rings. The Morgan fingerprint density at radius 3 is 2.77 bits per heavy atom. The molecule has 0 fully saturated rings. The van der Waals surface area contributed by atoms with Crippen molar-refractivity contribution in [2.45, 2.75) is 45.4 Å². The Hall–Kier alpha value is -0.310. The molecule has 0 saturated carbocycles. The lowest BCUT2D eigenvalue weighted by molar-refractivity contribution is 0.192. The second kappa shape index (κ2) is 6.19. The van der Waals surface area contributed by atoms with Gasteiger partial charge in [-0.1, -0.05) is 45.4 Å². The second-order valence-corrected chi connectivity index (χ2v) is 3.99. The molecule has 3 heteroatoms. The fraction of sp³-hybridized carbons (Fsp3) is 0.800. The Balaban J connectivity index is 1.97. The van der Waals surface area contributed by atoms with Gasteiger partial charge in [0, 0.05) is 6.42 Å². The van der Waals surface area contributed by atoms with E-state index in [0.717, 1.165) is 12.2 Å². The average molecular weight is 201 g/mol. The van der Waals surface area contributed by atoms with E-state index in [-0.39, 0.29) is 0 Å². The van der Waals surface area contributed by atoms with Crippen molar-refractivity contribution >= 4 is 12.8 Å². The third-order valence-electron chi connectivity index (χ3n) is 2.20. The fourth-order valence-corrected chi connectivity index (χ4v) is 1.62. The Labute approximate surface area is 86.5 Å². The lowest BCUT2D eigenvalue weighted by Crippen LogP contribution is -1.98. The number of thiol groups is 1. The molecule has 13 heavy (non-hydrogen) atoms. The molecule has 1 heterocycles. The Kier molecular flexibility index (Phi) is 5.13. The third-order valence-corrected chi connectivity index (χ3v) is 2.43. The Morgan fingerprint density at radius 1 is 1.38 bits per heavy atom. The summed E-state index contributed by atoms with van der Waals surface area (Å²) in [5.41, 5.74) is 0. The smallest absolute Gasteiger partial charge is 0.169 e. The van der Waals surface area contributed by atoms with Crippen LogP contribution in [-0.4, -0.2) is 11.0 Å². The first-order valence-corrected chi connectivity index (χ1v) is 5.52. The average Bonchev–Trinajstić information content (AvgIpc) is 2.51. The highest BCUT2D eigenvalue weighted by molar-refractivity contribution is 7.77. The second-order valence-electron chi connectivity index (χ2n) is 3.47. The molecular formula is C10H19NOS. The van der Waals surface area contributed by atoms with Crippen LogP contribution in [0.25, 0.3) is 0 Å². The first-order valence-electron chi connectivity index (χ1n) is 5.12. The van der Waals surface area contributed by atoms with Crippen LogP contribution >= 0.6 is 12.8 Å². The summed E-state index contributed by atoms with van der Waals surface area (Å²) in [4.78, 5) is 0. The minimum absolute atomic E-state index is 0.605. The molecule has 1 aliphatic heterocycles. The minimum Gasteiger partial charge on any atom is -0.475 e. The van der Waals surface area contributed by atoms with Crippen LogP contribution in [0.15, 0.2) is 12.0 Å². The van der Waals surface area contributed by atoms with E-state index < -0.39 is 0 Å². The van der Waals surface area contributed by atoms with Crippen LogP contribution in [0.4, 0.5) is 0 Å². The molecule has 0 aromatic rings. The monoisotopic (exact) mass is 201 g/mol. The van der Waals surface area contributed by atoms with Gasteiger partial charge in [-0.3, -0.25) is 4.31 Å². The van der Waals surface area contributed by atoms with Gasteiger partial charge in [0.05, 0.1) is 6.20 Å². The van der Waals surface area contributed by atoms with E-state index in [1.54, 1.807) is 4.31 Å². The van der Waals surface area contributed by atoms with E-state index >= 15 is 0 Å². The third kappa shape index (κ3) is 4.46. The molecule has 0 spiro atoms. The molecule has 0 aromatic heterocycles. The van der Waals surface area contributed by atoms with Crippen LogP contribution in [-0.2, 0) is 4.74 Å². The molecule has 0 saturated heterocycles. The molecule has 0 aromatic carbocycles. The van der Waals surface area contributed by atoms with Crippen molar-refractivity contribution in [1.29, 1.82) is 0 Å². The molecule has 0 unspecified atom stereocenters. The number of unbranched alkanes of at least 4 members (excludes halogenated alkanes) is 4. The van der Waals surface area contributed by atoms with Crippen molar-refractivity contribution in [3.05, 3.63) is 12.0 Å².